The van der Waals surface area contributed by atoms with Gasteiger partial charge in [-0.15, -0.1) is 12.3 Å². The molecule has 3 atom stereocenters. The van der Waals surface area contributed by atoms with E-state index in [2.05, 4.69) is 60.6 Å². The van der Waals surface area contributed by atoms with Crippen molar-refractivity contribution in [3.63, 3.8) is 0 Å². The van der Waals surface area contributed by atoms with E-state index in [1.54, 1.807) is 0 Å². The van der Waals surface area contributed by atoms with Crippen LogP contribution in [0.5, 0.6) is 0 Å². The van der Waals surface area contributed by atoms with Crippen LogP contribution in [0, 0.1) is 35.5 Å². The summed E-state index contributed by atoms with van der Waals surface area (Å²) >= 11 is 0. The van der Waals surface area contributed by atoms with Crippen molar-refractivity contribution in [3.05, 3.63) is 0 Å². The smallest absolute Gasteiger partial charge is 0.192 e. The fourth-order valence-electron chi connectivity index (χ4n) is 3.46. The van der Waals surface area contributed by atoms with E-state index in [0.29, 0.717) is 5.92 Å². The van der Waals surface area contributed by atoms with Gasteiger partial charge in [-0.25, -0.2) is 0 Å². The maximum atomic E-state index is 6.56. The Bertz CT molecular complexity index is 385. The van der Waals surface area contributed by atoms with Crippen molar-refractivity contribution in [1.29, 1.82) is 0 Å². The van der Waals surface area contributed by atoms with E-state index < -0.39 is 8.32 Å². The van der Waals surface area contributed by atoms with E-state index in [1.165, 1.54) is 12.8 Å². The molecule has 0 amide bonds. The highest BCUT2D eigenvalue weighted by Gasteiger charge is 2.47. The molecule has 0 spiro atoms. The molecule has 0 radical (unpaired) electrons. The number of rotatable bonds is 5. The van der Waals surface area contributed by atoms with Gasteiger partial charge in [0.05, 0.1) is 0 Å². The Hall–Kier alpha value is -0.263. The van der Waals surface area contributed by atoms with Crippen molar-refractivity contribution in [1.82, 2.24) is 0 Å². The van der Waals surface area contributed by atoms with Crippen LogP contribution in [0.2, 0.25) is 18.1 Å². The molecule has 0 aromatic carbocycles. The Kier molecular flexibility index (Phi) is 5.78. The number of terminal acetylenes is 1. The van der Waals surface area contributed by atoms with Gasteiger partial charge in [-0.2, -0.15) is 0 Å². The molecule has 0 aromatic rings. The lowest BCUT2D eigenvalue weighted by Gasteiger charge is -2.41. The fraction of sp³-hybridized carbons (Fsp3) is 0.895. The second-order valence-corrected chi connectivity index (χ2v) is 14.0. The van der Waals surface area contributed by atoms with Crippen molar-refractivity contribution in [3.8, 4) is 12.3 Å². The third-order valence-corrected chi connectivity index (χ3v) is 10.7. The first-order valence-electron chi connectivity index (χ1n) is 8.52. The second-order valence-electron chi connectivity index (χ2n) is 9.16. The molecule has 1 saturated carbocycles. The van der Waals surface area contributed by atoms with E-state index >= 15 is 0 Å². The third-order valence-electron chi connectivity index (χ3n) is 6.22. The van der Waals surface area contributed by atoms with Crippen LogP contribution in [0.1, 0.15) is 60.8 Å². The minimum atomic E-state index is -1.67. The zero-order chi connectivity index (χ0) is 16.5. The molecule has 2 heteroatoms. The summed E-state index contributed by atoms with van der Waals surface area (Å²) in [6, 6.07) is 0. The Morgan fingerprint density at radius 3 is 2.33 bits per heavy atom. The molecule has 0 bridgehead atoms. The average Bonchev–Trinajstić information content (AvgIpc) is 2.65. The third kappa shape index (κ3) is 4.14. The first kappa shape index (κ1) is 18.8. The van der Waals surface area contributed by atoms with Crippen molar-refractivity contribution in [2.75, 3.05) is 6.61 Å². The molecule has 0 aliphatic heterocycles. The van der Waals surface area contributed by atoms with Gasteiger partial charge in [-0.1, -0.05) is 41.5 Å². The first-order chi connectivity index (χ1) is 9.44. The number of hydrogen-bond donors (Lipinski definition) is 0. The van der Waals surface area contributed by atoms with Crippen LogP contribution < -0.4 is 0 Å². The van der Waals surface area contributed by atoms with Gasteiger partial charge < -0.3 is 4.43 Å². The largest absolute Gasteiger partial charge is 0.416 e. The van der Waals surface area contributed by atoms with Crippen molar-refractivity contribution in [2.45, 2.75) is 78.9 Å². The number of hydrogen-bond acceptors (Lipinski definition) is 1. The van der Waals surface area contributed by atoms with Crippen molar-refractivity contribution in [2.24, 2.45) is 23.2 Å². The lowest BCUT2D eigenvalue weighted by Crippen LogP contribution is -2.44. The maximum Gasteiger partial charge on any atom is 0.192 e. The normalized spacial score (nSPS) is 30.7. The summed E-state index contributed by atoms with van der Waals surface area (Å²) in [4.78, 5) is 0. The topological polar surface area (TPSA) is 9.23 Å². The lowest BCUT2D eigenvalue weighted by atomic mass is 9.73. The fourth-order valence-corrected chi connectivity index (χ4v) is 4.59. The first-order valence-corrected chi connectivity index (χ1v) is 11.4. The minimum Gasteiger partial charge on any atom is -0.416 e. The molecule has 1 fully saturated rings. The molecule has 1 aliphatic carbocycles. The summed E-state index contributed by atoms with van der Waals surface area (Å²) < 4.78 is 6.56. The van der Waals surface area contributed by atoms with Gasteiger partial charge in [0, 0.05) is 13.0 Å². The molecule has 1 aliphatic rings. The van der Waals surface area contributed by atoms with Crippen LogP contribution in [0.3, 0.4) is 0 Å². The van der Waals surface area contributed by atoms with E-state index in [1.807, 2.05) is 0 Å². The molecule has 0 heterocycles. The van der Waals surface area contributed by atoms with Crippen LogP contribution in [-0.4, -0.2) is 14.9 Å². The van der Waals surface area contributed by atoms with Crippen LogP contribution >= 0.6 is 0 Å². The summed E-state index contributed by atoms with van der Waals surface area (Å²) in [6.07, 6.45) is 9.13. The molecular weight excluding hydrogens is 272 g/mol. The second kappa shape index (κ2) is 6.47. The van der Waals surface area contributed by atoms with Crippen LogP contribution in [-0.2, 0) is 4.43 Å². The predicted octanol–water partition coefficient (Wildman–Crippen LogP) is 5.72. The molecule has 0 saturated heterocycles. The van der Waals surface area contributed by atoms with Gasteiger partial charge in [0.2, 0.25) is 0 Å². The van der Waals surface area contributed by atoms with Crippen molar-refractivity contribution >= 4 is 8.32 Å². The average molecular weight is 309 g/mol. The molecule has 0 N–H and O–H groups in total. The molecular formula is C19H36OSi. The molecule has 21 heavy (non-hydrogen) atoms. The van der Waals surface area contributed by atoms with E-state index in [9.17, 15) is 0 Å². The van der Waals surface area contributed by atoms with E-state index in [0.717, 1.165) is 24.9 Å². The molecule has 1 nitrogen and oxygen atoms in total. The summed E-state index contributed by atoms with van der Waals surface area (Å²) in [6.45, 7) is 19.6. The highest BCUT2D eigenvalue weighted by atomic mass is 28.4. The standard InChI is InChI=1S/C19H36OSi/c1-10-11-17-16(15(2)3)12-13-19(17,7)14-20-21(8,9)18(4,5)6/h1,15-17H,11-14H2,2-9H3/t16-,17+,19-/m1/s1. The maximum absolute atomic E-state index is 6.56. The van der Waals surface area contributed by atoms with Gasteiger partial charge in [-0.3, -0.25) is 0 Å². The Morgan fingerprint density at radius 1 is 1.33 bits per heavy atom. The summed E-state index contributed by atoms with van der Waals surface area (Å²) in [5.74, 6) is 5.03. The van der Waals surface area contributed by atoms with Crippen LogP contribution in [0.25, 0.3) is 0 Å². The summed E-state index contributed by atoms with van der Waals surface area (Å²) in [5.41, 5.74) is 0.261. The zero-order valence-electron chi connectivity index (χ0n) is 15.5. The molecule has 0 aromatic heterocycles. The molecule has 122 valence electrons. The van der Waals surface area contributed by atoms with E-state index in [4.69, 9.17) is 10.8 Å². The Labute approximate surface area is 134 Å². The predicted molar refractivity (Wildman–Crippen MR) is 95.8 cm³/mol. The highest BCUT2D eigenvalue weighted by molar-refractivity contribution is 6.74. The Balaban J connectivity index is 2.83. The Morgan fingerprint density at radius 2 is 1.90 bits per heavy atom. The molecule has 0 unspecified atom stereocenters. The van der Waals surface area contributed by atoms with Gasteiger partial charge >= 0.3 is 0 Å². The summed E-state index contributed by atoms with van der Waals surface area (Å²) in [5, 5.41) is 0.279. The quantitative estimate of drug-likeness (QED) is 0.466. The van der Waals surface area contributed by atoms with E-state index in [-0.39, 0.29) is 10.5 Å². The molecule has 1 rings (SSSR count). The van der Waals surface area contributed by atoms with Gasteiger partial charge in [-0.05, 0) is 54.1 Å². The monoisotopic (exact) mass is 308 g/mol. The summed E-state index contributed by atoms with van der Waals surface area (Å²) in [7, 11) is -1.67. The van der Waals surface area contributed by atoms with Crippen LogP contribution in [0.15, 0.2) is 0 Å². The highest BCUT2D eigenvalue weighted by Crippen LogP contribution is 2.52. The van der Waals surface area contributed by atoms with Gasteiger partial charge in [0.15, 0.2) is 8.32 Å². The van der Waals surface area contributed by atoms with Gasteiger partial charge in [0.25, 0.3) is 0 Å². The minimum absolute atomic E-state index is 0.261. The van der Waals surface area contributed by atoms with Gasteiger partial charge in [0.1, 0.15) is 0 Å². The van der Waals surface area contributed by atoms with Crippen molar-refractivity contribution < 1.29 is 4.43 Å². The lowest BCUT2D eigenvalue weighted by molar-refractivity contribution is 0.0874. The SMILES string of the molecule is C#CC[C@H]1[C@@H](C(C)C)CC[C@]1(C)CO[Si](C)(C)C(C)(C)C. The zero-order valence-corrected chi connectivity index (χ0v) is 16.5. The van der Waals surface area contributed by atoms with Crippen LogP contribution in [0.4, 0.5) is 0 Å².